The summed E-state index contributed by atoms with van der Waals surface area (Å²) in [6.07, 6.45) is 1.83. The monoisotopic (exact) mass is 228 g/mol. The third-order valence-corrected chi connectivity index (χ3v) is 2.91. The number of aromatic hydroxyl groups is 2. The Kier molecular flexibility index (Phi) is 1.92. The van der Waals surface area contributed by atoms with Gasteiger partial charge in [0, 0.05) is 34.3 Å². The maximum absolute atomic E-state index is 9.70. The maximum Gasteiger partial charge on any atom is 0.199 e. The molecule has 0 fully saturated rings. The Labute approximate surface area is 97.5 Å². The Hall–Kier alpha value is -2.36. The van der Waals surface area contributed by atoms with Crippen LogP contribution < -0.4 is 0 Å². The first-order valence-corrected chi connectivity index (χ1v) is 5.34. The third kappa shape index (κ3) is 1.45. The fourth-order valence-electron chi connectivity index (χ4n) is 2.09. The van der Waals surface area contributed by atoms with Gasteiger partial charge in [-0.25, -0.2) is 0 Å². The zero-order valence-corrected chi connectivity index (χ0v) is 9.28. The van der Waals surface area contributed by atoms with Crippen molar-refractivity contribution in [3.05, 3.63) is 36.0 Å². The Bertz CT molecular complexity index is 695. The van der Waals surface area contributed by atoms with Crippen molar-refractivity contribution in [2.24, 2.45) is 0 Å². The van der Waals surface area contributed by atoms with Crippen LogP contribution in [0.4, 0.5) is 0 Å². The average molecular weight is 228 g/mol. The number of benzene rings is 1. The lowest BCUT2D eigenvalue weighted by Crippen LogP contribution is -1.75. The number of rotatable bonds is 1. The van der Waals surface area contributed by atoms with E-state index in [1.54, 1.807) is 0 Å². The van der Waals surface area contributed by atoms with E-state index >= 15 is 0 Å². The van der Waals surface area contributed by atoms with E-state index in [0.29, 0.717) is 5.56 Å². The molecule has 0 unspecified atom stereocenters. The summed E-state index contributed by atoms with van der Waals surface area (Å²) >= 11 is 0. The normalized spacial score (nSPS) is 11.1. The fourth-order valence-corrected chi connectivity index (χ4v) is 2.09. The molecule has 4 nitrogen and oxygen atoms in total. The van der Waals surface area contributed by atoms with Crippen LogP contribution in [0.25, 0.3) is 22.0 Å². The SMILES string of the molecule is Cc1ccc2[nH]cc(-c3cc(O)[nH]c3O)c2c1. The number of nitrogens with one attached hydrogen (secondary N) is 2. The van der Waals surface area contributed by atoms with Crippen LogP contribution in [0, 0.1) is 6.92 Å². The van der Waals surface area contributed by atoms with Gasteiger partial charge >= 0.3 is 0 Å². The van der Waals surface area contributed by atoms with Crippen molar-refractivity contribution in [2.45, 2.75) is 6.92 Å². The summed E-state index contributed by atoms with van der Waals surface area (Å²) in [5.74, 6) is -0.0654. The second-order valence-electron chi connectivity index (χ2n) is 4.17. The van der Waals surface area contributed by atoms with E-state index in [-0.39, 0.29) is 11.8 Å². The Balaban J connectivity index is 2.30. The van der Waals surface area contributed by atoms with Gasteiger partial charge in [-0.3, -0.25) is 4.98 Å². The van der Waals surface area contributed by atoms with Crippen LogP contribution in [0.15, 0.2) is 30.5 Å². The molecule has 3 rings (SSSR count). The number of fused-ring (bicyclic) bond motifs is 1. The topological polar surface area (TPSA) is 72.0 Å². The number of aryl methyl sites for hydroxylation is 1. The van der Waals surface area contributed by atoms with Crippen molar-refractivity contribution in [1.82, 2.24) is 9.97 Å². The molecule has 2 heterocycles. The summed E-state index contributed by atoms with van der Waals surface area (Å²) in [5.41, 5.74) is 3.63. The number of hydrogen-bond acceptors (Lipinski definition) is 2. The van der Waals surface area contributed by atoms with Gasteiger partial charge in [-0.1, -0.05) is 11.6 Å². The van der Waals surface area contributed by atoms with E-state index < -0.39 is 0 Å². The number of hydrogen-bond donors (Lipinski definition) is 4. The van der Waals surface area contributed by atoms with Crippen LogP contribution in [-0.2, 0) is 0 Å². The molecular formula is C13H12N2O2. The molecule has 2 aromatic heterocycles. The minimum atomic E-state index is -0.0421. The zero-order chi connectivity index (χ0) is 12.0. The van der Waals surface area contributed by atoms with E-state index in [4.69, 9.17) is 0 Å². The molecule has 0 saturated heterocycles. The zero-order valence-electron chi connectivity index (χ0n) is 9.28. The molecule has 4 N–H and O–H groups in total. The van der Waals surface area contributed by atoms with Gasteiger partial charge in [0.15, 0.2) is 11.8 Å². The van der Waals surface area contributed by atoms with E-state index in [1.807, 2.05) is 31.3 Å². The minimum Gasteiger partial charge on any atom is -0.494 e. The highest BCUT2D eigenvalue weighted by Gasteiger charge is 2.13. The van der Waals surface area contributed by atoms with E-state index in [9.17, 15) is 10.2 Å². The molecule has 0 atom stereocenters. The van der Waals surface area contributed by atoms with Crippen molar-refractivity contribution in [2.75, 3.05) is 0 Å². The Morgan fingerprint density at radius 3 is 2.59 bits per heavy atom. The molecule has 0 radical (unpaired) electrons. The molecule has 0 bridgehead atoms. The molecule has 0 aliphatic heterocycles. The first kappa shape index (κ1) is 9.84. The van der Waals surface area contributed by atoms with Crippen molar-refractivity contribution in [3.63, 3.8) is 0 Å². The minimum absolute atomic E-state index is 0.0232. The molecule has 0 aliphatic carbocycles. The average Bonchev–Trinajstić information content (AvgIpc) is 2.81. The second-order valence-corrected chi connectivity index (χ2v) is 4.17. The van der Waals surface area contributed by atoms with E-state index in [2.05, 4.69) is 9.97 Å². The van der Waals surface area contributed by atoms with Gasteiger partial charge in [-0.05, 0) is 19.1 Å². The fraction of sp³-hybridized carbons (Fsp3) is 0.0769. The highest BCUT2D eigenvalue weighted by molar-refractivity contribution is 5.97. The number of H-pyrrole nitrogens is 2. The van der Waals surface area contributed by atoms with Crippen LogP contribution in [0.5, 0.6) is 11.8 Å². The Morgan fingerprint density at radius 2 is 1.88 bits per heavy atom. The van der Waals surface area contributed by atoms with Gasteiger partial charge in [-0.15, -0.1) is 0 Å². The highest BCUT2D eigenvalue weighted by atomic mass is 16.3. The van der Waals surface area contributed by atoms with E-state index in [1.165, 1.54) is 6.07 Å². The van der Waals surface area contributed by atoms with Crippen LogP contribution in [0.1, 0.15) is 5.56 Å². The van der Waals surface area contributed by atoms with E-state index in [0.717, 1.165) is 22.0 Å². The Morgan fingerprint density at radius 1 is 1.06 bits per heavy atom. The largest absolute Gasteiger partial charge is 0.494 e. The van der Waals surface area contributed by atoms with Crippen LogP contribution in [0.3, 0.4) is 0 Å². The van der Waals surface area contributed by atoms with Crippen molar-refractivity contribution in [1.29, 1.82) is 0 Å². The molecular weight excluding hydrogens is 216 g/mol. The van der Waals surface area contributed by atoms with Crippen LogP contribution in [0.2, 0.25) is 0 Å². The molecule has 86 valence electrons. The van der Waals surface area contributed by atoms with Crippen molar-refractivity contribution in [3.8, 4) is 22.9 Å². The highest BCUT2D eigenvalue weighted by Crippen LogP contribution is 2.36. The molecule has 0 aliphatic rings. The van der Waals surface area contributed by atoms with Crippen LogP contribution in [-0.4, -0.2) is 20.2 Å². The summed E-state index contributed by atoms with van der Waals surface area (Å²) in [6.45, 7) is 2.02. The lowest BCUT2D eigenvalue weighted by Gasteiger charge is -1.98. The van der Waals surface area contributed by atoms with Crippen molar-refractivity contribution >= 4 is 10.9 Å². The second kappa shape index (κ2) is 3.31. The summed E-state index contributed by atoms with van der Waals surface area (Å²) in [4.78, 5) is 5.62. The maximum atomic E-state index is 9.70. The third-order valence-electron chi connectivity index (χ3n) is 2.91. The molecule has 3 aromatic rings. The predicted molar refractivity (Wildman–Crippen MR) is 66.2 cm³/mol. The summed E-state index contributed by atoms with van der Waals surface area (Å²) < 4.78 is 0. The van der Waals surface area contributed by atoms with Gasteiger partial charge in [0.1, 0.15) is 0 Å². The molecule has 17 heavy (non-hydrogen) atoms. The predicted octanol–water partition coefficient (Wildman–Crippen LogP) is 2.88. The summed E-state index contributed by atoms with van der Waals surface area (Å²) in [5, 5.41) is 20.1. The molecule has 0 amide bonds. The van der Waals surface area contributed by atoms with Gasteiger partial charge in [0.05, 0.1) is 0 Å². The lowest BCUT2D eigenvalue weighted by molar-refractivity contribution is 0.426. The van der Waals surface area contributed by atoms with Gasteiger partial charge < -0.3 is 15.2 Å². The summed E-state index contributed by atoms with van der Waals surface area (Å²) in [6, 6.07) is 7.58. The molecule has 1 aromatic carbocycles. The number of aromatic nitrogens is 2. The molecule has 0 saturated carbocycles. The molecule has 0 spiro atoms. The quantitative estimate of drug-likeness (QED) is 0.517. The van der Waals surface area contributed by atoms with Crippen LogP contribution >= 0.6 is 0 Å². The standard InChI is InChI=1S/C13H12N2O2/c1-7-2-3-11-8(4-7)10(6-14-11)9-5-12(16)15-13(9)17/h2-6,14-17H,1H3. The van der Waals surface area contributed by atoms with Crippen molar-refractivity contribution < 1.29 is 10.2 Å². The first-order valence-electron chi connectivity index (χ1n) is 5.34. The smallest absolute Gasteiger partial charge is 0.199 e. The van der Waals surface area contributed by atoms with Gasteiger partial charge in [0.25, 0.3) is 0 Å². The number of aromatic amines is 2. The van der Waals surface area contributed by atoms with Gasteiger partial charge in [-0.2, -0.15) is 0 Å². The first-order chi connectivity index (χ1) is 8.15. The van der Waals surface area contributed by atoms with Gasteiger partial charge in [0.2, 0.25) is 0 Å². The summed E-state index contributed by atoms with van der Waals surface area (Å²) in [7, 11) is 0. The molecule has 4 heteroatoms. The lowest BCUT2D eigenvalue weighted by atomic mass is 10.1.